The second-order valence-electron chi connectivity index (χ2n) is 3.09. The first-order valence-electron chi connectivity index (χ1n) is 4.94. The molecule has 0 aliphatic heterocycles. The van der Waals surface area contributed by atoms with E-state index in [4.69, 9.17) is 6.57 Å². The Kier molecular flexibility index (Phi) is 3.61. The van der Waals surface area contributed by atoms with Gasteiger partial charge in [-0.25, -0.2) is 9.83 Å². The van der Waals surface area contributed by atoms with E-state index in [2.05, 4.69) is 14.8 Å². The number of H-pyrrole nitrogens is 1. The zero-order valence-electron chi connectivity index (χ0n) is 9.06. The van der Waals surface area contributed by atoms with Crippen molar-refractivity contribution in [2.75, 3.05) is 5.75 Å². The van der Waals surface area contributed by atoms with Crippen LogP contribution >= 0.6 is 23.1 Å². The van der Waals surface area contributed by atoms with Crippen molar-refractivity contribution in [1.29, 1.82) is 0 Å². The minimum Gasteiger partial charge on any atom is -0.311 e. The van der Waals surface area contributed by atoms with Crippen LogP contribution in [0.5, 0.6) is 0 Å². The number of thioether (sulfide) groups is 1. The third-order valence-corrected chi connectivity index (χ3v) is 3.65. The topological polar surface area (TPSA) is 50.1 Å². The summed E-state index contributed by atoms with van der Waals surface area (Å²) in [5, 5.41) is 2.46. The molecule has 0 atom stereocenters. The predicted octanol–water partition coefficient (Wildman–Crippen LogP) is 3.16. The van der Waals surface area contributed by atoms with Gasteiger partial charge in [-0.3, -0.25) is 4.79 Å². The molecule has 0 bridgehead atoms. The molecule has 2 heterocycles. The summed E-state index contributed by atoms with van der Waals surface area (Å²) < 4.78 is 0. The molecule has 0 radical (unpaired) electrons. The summed E-state index contributed by atoms with van der Waals surface area (Å²) in [5.41, 5.74) is 0.178. The molecule has 0 fully saturated rings. The van der Waals surface area contributed by atoms with Crippen molar-refractivity contribution < 1.29 is 0 Å². The lowest BCUT2D eigenvalue weighted by molar-refractivity contribution is 0.952. The summed E-state index contributed by atoms with van der Waals surface area (Å²) in [6.45, 7) is 9.05. The van der Waals surface area contributed by atoms with Crippen molar-refractivity contribution >= 4 is 28.8 Å². The Hall–Kier alpha value is -1.58. The van der Waals surface area contributed by atoms with Gasteiger partial charge in [0.2, 0.25) is 0 Å². The Morgan fingerprint density at radius 2 is 2.47 bits per heavy atom. The van der Waals surface area contributed by atoms with Gasteiger partial charge in [-0.2, -0.15) is 0 Å². The number of aromatic amines is 1. The van der Waals surface area contributed by atoms with E-state index in [0.29, 0.717) is 10.9 Å². The molecule has 0 aromatic carbocycles. The summed E-state index contributed by atoms with van der Waals surface area (Å²) in [7, 11) is 0. The number of hydrogen-bond acceptors (Lipinski definition) is 4. The first-order valence-corrected chi connectivity index (χ1v) is 6.81. The quantitative estimate of drug-likeness (QED) is 0.525. The minimum atomic E-state index is -0.366. The molecule has 2 rings (SSSR count). The molecule has 1 N–H and O–H groups in total. The van der Waals surface area contributed by atoms with Crippen molar-refractivity contribution in [3.8, 4) is 10.6 Å². The molecule has 2 aromatic heterocycles. The van der Waals surface area contributed by atoms with E-state index >= 15 is 0 Å². The van der Waals surface area contributed by atoms with Gasteiger partial charge in [-0.15, -0.1) is 11.3 Å². The van der Waals surface area contributed by atoms with Crippen LogP contribution in [-0.2, 0) is 0 Å². The molecule has 2 aromatic rings. The lowest BCUT2D eigenvalue weighted by Crippen LogP contribution is -2.09. The molecule has 0 spiro atoms. The van der Waals surface area contributed by atoms with Gasteiger partial charge in [0, 0.05) is 4.88 Å². The van der Waals surface area contributed by atoms with Gasteiger partial charge in [0.1, 0.15) is 0 Å². The van der Waals surface area contributed by atoms with Crippen LogP contribution in [0.4, 0.5) is 5.69 Å². The van der Waals surface area contributed by atoms with E-state index in [9.17, 15) is 4.79 Å². The van der Waals surface area contributed by atoms with Crippen molar-refractivity contribution in [3.05, 3.63) is 39.3 Å². The van der Waals surface area contributed by atoms with Gasteiger partial charge >= 0.3 is 0 Å². The smallest absolute Gasteiger partial charge is 0.276 e. The van der Waals surface area contributed by atoms with Crippen LogP contribution in [0, 0.1) is 6.57 Å². The summed E-state index contributed by atoms with van der Waals surface area (Å²) in [6, 6.07) is 3.74. The van der Waals surface area contributed by atoms with Crippen molar-refractivity contribution in [2.45, 2.75) is 12.1 Å². The van der Waals surface area contributed by atoms with Gasteiger partial charge in [-0.1, -0.05) is 24.8 Å². The zero-order valence-corrected chi connectivity index (χ0v) is 10.7. The average molecular weight is 263 g/mol. The van der Waals surface area contributed by atoms with Crippen LogP contribution in [0.1, 0.15) is 6.92 Å². The highest BCUT2D eigenvalue weighted by atomic mass is 32.2. The number of hydrogen-bond donors (Lipinski definition) is 1. The standard InChI is InChI=1S/C11H9N3OS2/c1-3-16-11-13-8(7-5-4-6-17-7)9(12-2)10(15)14-11/h4-6H,3H2,1H3,(H,13,14,15). The molecule has 17 heavy (non-hydrogen) atoms. The van der Waals surface area contributed by atoms with Crippen molar-refractivity contribution in [3.63, 3.8) is 0 Å². The van der Waals surface area contributed by atoms with Gasteiger partial charge in [0.15, 0.2) is 5.16 Å². The highest BCUT2D eigenvalue weighted by Gasteiger charge is 2.14. The lowest BCUT2D eigenvalue weighted by Gasteiger charge is -2.03. The number of nitrogens with one attached hydrogen (secondary N) is 1. The second kappa shape index (κ2) is 5.17. The molecule has 4 nitrogen and oxygen atoms in total. The average Bonchev–Trinajstić information content (AvgIpc) is 2.82. The Balaban J connectivity index is 2.64. The molecule has 0 saturated heterocycles. The summed E-state index contributed by atoms with van der Waals surface area (Å²) in [5.74, 6) is 0.824. The van der Waals surface area contributed by atoms with Crippen LogP contribution in [0.2, 0.25) is 0 Å². The van der Waals surface area contributed by atoms with Gasteiger partial charge < -0.3 is 4.98 Å². The first kappa shape index (κ1) is 11.9. The SMILES string of the molecule is [C-]#[N+]c1c(-c2cccs2)nc(SCC)[nH]c1=O. The fraction of sp³-hybridized carbons (Fsp3) is 0.182. The fourth-order valence-electron chi connectivity index (χ4n) is 1.34. The monoisotopic (exact) mass is 263 g/mol. The lowest BCUT2D eigenvalue weighted by atomic mass is 10.3. The molecular formula is C11H9N3OS2. The molecular weight excluding hydrogens is 254 g/mol. The number of nitrogens with zero attached hydrogens (tertiary/aromatic N) is 2. The van der Waals surface area contributed by atoms with Crippen molar-refractivity contribution in [1.82, 2.24) is 9.97 Å². The van der Waals surface area contributed by atoms with Crippen molar-refractivity contribution in [2.24, 2.45) is 0 Å². The fourth-order valence-corrected chi connectivity index (χ4v) is 2.65. The largest absolute Gasteiger partial charge is 0.311 e. The van der Waals surface area contributed by atoms with E-state index in [1.54, 1.807) is 0 Å². The maximum absolute atomic E-state index is 11.7. The Labute approximate surface area is 107 Å². The van der Waals surface area contributed by atoms with Crippen LogP contribution in [0.25, 0.3) is 15.4 Å². The van der Waals surface area contributed by atoms with E-state index in [1.165, 1.54) is 23.1 Å². The third kappa shape index (κ3) is 2.40. The predicted molar refractivity (Wildman–Crippen MR) is 70.8 cm³/mol. The third-order valence-electron chi connectivity index (χ3n) is 2.02. The van der Waals surface area contributed by atoms with Crippen LogP contribution in [-0.4, -0.2) is 15.7 Å². The minimum absolute atomic E-state index is 0.0629. The molecule has 0 aliphatic rings. The summed E-state index contributed by atoms with van der Waals surface area (Å²) >= 11 is 2.93. The van der Waals surface area contributed by atoms with E-state index in [-0.39, 0.29) is 11.2 Å². The molecule has 6 heteroatoms. The van der Waals surface area contributed by atoms with Gasteiger partial charge in [0.25, 0.3) is 11.2 Å². The number of aromatic nitrogens is 2. The van der Waals surface area contributed by atoms with Crippen LogP contribution < -0.4 is 5.56 Å². The second-order valence-corrected chi connectivity index (χ2v) is 5.29. The highest BCUT2D eigenvalue weighted by molar-refractivity contribution is 7.99. The molecule has 86 valence electrons. The highest BCUT2D eigenvalue weighted by Crippen LogP contribution is 2.30. The molecule has 0 amide bonds. The Bertz CT molecular complexity index is 611. The van der Waals surface area contributed by atoms with E-state index in [0.717, 1.165) is 10.6 Å². The molecule has 0 aliphatic carbocycles. The summed E-state index contributed by atoms with van der Waals surface area (Å²) in [6.07, 6.45) is 0. The van der Waals surface area contributed by atoms with Crippen LogP contribution in [0.15, 0.2) is 27.5 Å². The number of thiophene rings is 1. The number of rotatable bonds is 3. The van der Waals surface area contributed by atoms with Crippen LogP contribution in [0.3, 0.4) is 0 Å². The Morgan fingerprint density at radius 1 is 1.65 bits per heavy atom. The normalized spacial score (nSPS) is 10.1. The maximum atomic E-state index is 11.7. The molecule has 0 unspecified atom stereocenters. The van der Waals surface area contributed by atoms with E-state index in [1.807, 2.05) is 24.4 Å². The zero-order chi connectivity index (χ0) is 12.3. The van der Waals surface area contributed by atoms with Gasteiger partial charge in [0.05, 0.1) is 12.3 Å². The maximum Gasteiger partial charge on any atom is 0.276 e. The molecule has 0 saturated carbocycles. The Morgan fingerprint density at radius 3 is 3.06 bits per heavy atom. The summed E-state index contributed by atoms with van der Waals surface area (Å²) in [4.78, 5) is 22.8. The first-order chi connectivity index (χ1) is 8.26. The van der Waals surface area contributed by atoms with Gasteiger partial charge in [-0.05, 0) is 17.2 Å². The van der Waals surface area contributed by atoms with E-state index < -0.39 is 0 Å².